The highest BCUT2D eigenvalue weighted by Gasteiger charge is 2.37. The number of aliphatic hydroxyl groups is 1. The van der Waals surface area contributed by atoms with Gasteiger partial charge in [0, 0.05) is 6.42 Å². The summed E-state index contributed by atoms with van der Waals surface area (Å²) in [5.41, 5.74) is 2.14. The smallest absolute Gasteiger partial charge is 0.118 e. The van der Waals surface area contributed by atoms with Gasteiger partial charge in [-0.2, -0.15) is 0 Å². The zero-order valence-corrected chi connectivity index (χ0v) is 12.8. The number of nitrogens with zero attached hydrogens (tertiary/aromatic N) is 1. The third-order valence-electron chi connectivity index (χ3n) is 4.04. The van der Waals surface area contributed by atoms with E-state index in [0.29, 0.717) is 0 Å². The van der Waals surface area contributed by atoms with Crippen LogP contribution in [0.4, 0.5) is 5.69 Å². The van der Waals surface area contributed by atoms with E-state index in [1.807, 2.05) is 59.7 Å². The minimum Gasteiger partial charge on any atom is -0.497 e. The van der Waals surface area contributed by atoms with Crippen LogP contribution in [0.25, 0.3) is 0 Å². The molecule has 0 saturated carbocycles. The average molecular weight is 299 g/mol. The lowest BCUT2D eigenvalue weighted by Gasteiger charge is -2.25. The van der Waals surface area contributed by atoms with E-state index in [0.717, 1.165) is 23.4 Å². The third kappa shape index (κ3) is 2.93. The maximum Gasteiger partial charge on any atom is 0.118 e. The third-order valence-corrected chi connectivity index (χ3v) is 4.04. The predicted octanol–water partition coefficient (Wildman–Crippen LogP) is 3.33. The summed E-state index contributed by atoms with van der Waals surface area (Å²) in [6.45, 7) is 1.77. The van der Waals surface area contributed by atoms with E-state index in [1.54, 1.807) is 14.0 Å². The first-order valence-corrected chi connectivity index (χ1v) is 7.52. The largest absolute Gasteiger partial charge is 0.497 e. The van der Waals surface area contributed by atoms with Crippen LogP contribution in [-0.4, -0.2) is 24.4 Å². The molecular formula is C18H21NO3. The molecule has 3 atom stereocenters. The van der Waals surface area contributed by atoms with Crippen LogP contribution in [0.1, 0.15) is 24.9 Å². The lowest BCUT2D eigenvalue weighted by Crippen LogP contribution is -2.26. The summed E-state index contributed by atoms with van der Waals surface area (Å²) >= 11 is 0. The first-order valence-electron chi connectivity index (χ1n) is 7.52. The van der Waals surface area contributed by atoms with Gasteiger partial charge in [-0.05, 0) is 36.8 Å². The number of hydrogen-bond donors (Lipinski definition) is 1. The molecule has 1 saturated heterocycles. The van der Waals surface area contributed by atoms with Gasteiger partial charge < -0.3 is 9.84 Å². The molecule has 0 aliphatic carbocycles. The van der Waals surface area contributed by atoms with Crippen molar-refractivity contribution in [3.63, 3.8) is 0 Å². The minimum absolute atomic E-state index is 0.0768. The number of anilines is 1. The monoisotopic (exact) mass is 299 g/mol. The fourth-order valence-corrected chi connectivity index (χ4v) is 2.78. The maximum absolute atomic E-state index is 9.89. The van der Waals surface area contributed by atoms with E-state index in [4.69, 9.17) is 9.57 Å². The molecule has 4 nitrogen and oxygen atoms in total. The molecule has 116 valence electrons. The molecule has 0 amide bonds. The molecule has 1 aliphatic rings. The Morgan fingerprint density at radius 2 is 1.82 bits per heavy atom. The topological polar surface area (TPSA) is 41.9 Å². The highest BCUT2D eigenvalue weighted by molar-refractivity contribution is 5.47. The Morgan fingerprint density at radius 3 is 2.41 bits per heavy atom. The van der Waals surface area contributed by atoms with Crippen molar-refractivity contribution in [1.29, 1.82) is 0 Å². The van der Waals surface area contributed by atoms with Gasteiger partial charge in [0.15, 0.2) is 0 Å². The fraction of sp³-hybridized carbons (Fsp3) is 0.333. The number of para-hydroxylation sites is 1. The number of methoxy groups -OCH3 is 1. The van der Waals surface area contributed by atoms with Crippen LogP contribution in [0.15, 0.2) is 54.6 Å². The zero-order chi connectivity index (χ0) is 15.5. The Labute approximate surface area is 130 Å². The second-order valence-corrected chi connectivity index (χ2v) is 5.57. The van der Waals surface area contributed by atoms with Gasteiger partial charge in [-0.1, -0.05) is 30.3 Å². The van der Waals surface area contributed by atoms with E-state index < -0.39 is 6.10 Å². The summed E-state index contributed by atoms with van der Waals surface area (Å²) in [4.78, 5) is 5.98. The van der Waals surface area contributed by atoms with Crippen molar-refractivity contribution in [1.82, 2.24) is 0 Å². The Balaban J connectivity index is 1.91. The van der Waals surface area contributed by atoms with E-state index in [1.165, 1.54) is 0 Å². The van der Waals surface area contributed by atoms with E-state index in [9.17, 15) is 5.11 Å². The summed E-state index contributed by atoms with van der Waals surface area (Å²) in [7, 11) is 1.66. The van der Waals surface area contributed by atoms with Gasteiger partial charge in [-0.15, -0.1) is 0 Å². The predicted molar refractivity (Wildman–Crippen MR) is 85.8 cm³/mol. The van der Waals surface area contributed by atoms with Crippen LogP contribution in [0.3, 0.4) is 0 Å². The number of rotatable bonds is 4. The number of benzene rings is 2. The van der Waals surface area contributed by atoms with Crippen molar-refractivity contribution in [2.45, 2.75) is 31.6 Å². The molecule has 0 spiro atoms. The molecule has 0 radical (unpaired) electrons. The van der Waals surface area contributed by atoms with Crippen LogP contribution in [0, 0.1) is 0 Å². The van der Waals surface area contributed by atoms with Crippen LogP contribution in [0.5, 0.6) is 5.75 Å². The van der Waals surface area contributed by atoms with Gasteiger partial charge in [-0.3, -0.25) is 4.84 Å². The minimum atomic E-state index is -0.505. The van der Waals surface area contributed by atoms with Crippen LogP contribution in [-0.2, 0) is 4.84 Å². The highest BCUT2D eigenvalue weighted by atomic mass is 16.7. The van der Waals surface area contributed by atoms with Gasteiger partial charge in [0.05, 0.1) is 24.9 Å². The molecule has 2 aromatic carbocycles. The van der Waals surface area contributed by atoms with Crippen molar-refractivity contribution >= 4 is 5.69 Å². The van der Waals surface area contributed by atoms with Gasteiger partial charge in [-0.25, -0.2) is 5.06 Å². The first-order chi connectivity index (χ1) is 10.7. The second kappa shape index (κ2) is 6.38. The molecule has 4 heteroatoms. The average Bonchev–Trinajstić information content (AvgIpc) is 3.01. The summed E-state index contributed by atoms with van der Waals surface area (Å²) in [5.74, 6) is 0.834. The molecule has 1 heterocycles. The lowest BCUT2D eigenvalue weighted by molar-refractivity contribution is -0.00451. The van der Waals surface area contributed by atoms with Crippen LogP contribution < -0.4 is 9.80 Å². The Morgan fingerprint density at radius 1 is 1.14 bits per heavy atom. The zero-order valence-electron chi connectivity index (χ0n) is 12.8. The number of hydroxylamine groups is 1. The van der Waals surface area contributed by atoms with E-state index in [-0.39, 0.29) is 12.1 Å². The molecule has 0 aromatic heterocycles. The van der Waals surface area contributed by atoms with Gasteiger partial charge >= 0.3 is 0 Å². The van der Waals surface area contributed by atoms with E-state index >= 15 is 0 Å². The molecule has 3 rings (SSSR count). The standard InChI is InChI=1S/C18H21NO3/c1-13(20)18-12-17(14-8-10-16(21-2)11-9-14)19(22-18)15-6-4-3-5-7-15/h3-11,13,17-18,20H,12H2,1-2H3/t13?,17-,18+/m1/s1. The quantitative estimate of drug-likeness (QED) is 0.940. The van der Waals surface area contributed by atoms with Crippen molar-refractivity contribution in [2.75, 3.05) is 12.2 Å². The van der Waals surface area contributed by atoms with Crippen molar-refractivity contribution < 1.29 is 14.7 Å². The molecule has 1 aliphatic heterocycles. The summed E-state index contributed by atoms with van der Waals surface area (Å²) < 4.78 is 5.22. The Bertz CT molecular complexity index is 597. The number of hydrogen-bond acceptors (Lipinski definition) is 4. The van der Waals surface area contributed by atoms with Gasteiger partial charge in [0.1, 0.15) is 11.9 Å². The maximum atomic E-state index is 9.89. The second-order valence-electron chi connectivity index (χ2n) is 5.57. The van der Waals surface area contributed by atoms with Gasteiger partial charge in [0.25, 0.3) is 0 Å². The van der Waals surface area contributed by atoms with Crippen molar-refractivity contribution in [3.8, 4) is 5.75 Å². The lowest BCUT2D eigenvalue weighted by atomic mass is 9.99. The molecule has 1 N–H and O–H groups in total. The first kappa shape index (κ1) is 14.9. The normalized spacial score (nSPS) is 22.6. The number of aliphatic hydroxyl groups excluding tert-OH is 1. The fourth-order valence-electron chi connectivity index (χ4n) is 2.78. The Kier molecular flexibility index (Phi) is 4.32. The van der Waals surface area contributed by atoms with Crippen molar-refractivity contribution in [2.24, 2.45) is 0 Å². The summed E-state index contributed by atoms with van der Waals surface area (Å²) in [6, 6.07) is 18.1. The molecule has 22 heavy (non-hydrogen) atoms. The number of ether oxygens (including phenoxy) is 1. The van der Waals surface area contributed by atoms with E-state index in [2.05, 4.69) is 0 Å². The molecule has 1 unspecified atom stereocenters. The summed E-state index contributed by atoms with van der Waals surface area (Å²) in [5, 5.41) is 11.8. The Hall–Kier alpha value is -2.04. The van der Waals surface area contributed by atoms with Crippen LogP contribution >= 0.6 is 0 Å². The molecular weight excluding hydrogens is 278 g/mol. The van der Waals surface area contributed by atoms with Crippen molar-refractivity contribution in [3.05, 3.63) is 60.2 Å². The highest BCUT2D eigenvalue weighted by Crippen LogP contribution is 2.39. The molecule has 0 bridgehead atoms. The van der Waals surface area contributed by atoms with Crippen LogP contribution in [0.2, 0.25) is 0 Å². The summed E-state index contributed by atoms with van der Waals surface area (Å²) in [6.07, 6.45) is 0.0422. The van der Waals surface area contributed by atoms with Gasteiger partial charge in [0.2, 0.25) is 0 Å². The molecule has 2 aromatic rings. The molecule has 1 fully saturated rings. The SMILES string of the molecule is COc1ccc([C@H]2C[C@@H](C(C)O)ON2c2ccccc2)cc1.